The van der Waals surface area contributed by atoms with Gasteiger partial charge in [0.1, 0.15) is 0 Å². The first kappa shape index (κ1) is 11.9. The molecule has 12 heavy (non-hydrogen) atoms. The Morgan fingerprint density at radius 3 is 2.25 bits per heavy atom. The Morgan fingerprint density at radius 1 is 1.25 bits per heavy atom. The van der Waals surface area contributed by atoms with Crippen LogP contribution >= 0.6 is 0 Å². The van der Waals surface area contributed by atoms with E-state index in [0.717, 1.165) is 19.3 Å². The van der Waals surface area contributed by atoms with E-state index >= 15 is 0 Å². The maximum Gasteiger partial charge on any atom is 0.269 e. The molecule has 0 aliphatic heterocycles. The Balaban J connectivity index is 3.63. The van der Waals surface area contributed by atoms with Gasteiger partial charge >= 0.3 is 0 Å². The number of hydrogen-bond donors (Lipinski definition) is 0. The van der Waals surface area contributed by atoms with Gasteiger partial charge in [-0.25, -0.2) is 0 Å². The van der Waals surface area contributed by atoms with Gasteiger partial charge in [0.05, 0.1) is 11.9 Å². The molecular formula is C8H18O3S. The third-order valence-electron chi connectivity index (χ3n) is 1.57. The second-order valence-electron chi connectivity index (χ2n) is 3.07. The van der Waals surface area contributed by atoms with Crippen LogP contribution < -0.4 is 0 Å². The van der Waals surface area contributed by atoms with Crippen LogP contribution in [-0.4, -0.2) is 20.3 Å². The van der Waals surface area contributed by atoms with Crippen molar-refractivity contribution in [1.29, 1.82) is 0 Å². The Kier molecular flexibility index (Phi) is 5.50. The van der Waals surface area contributed by atoms with Crippen molar-refractivity contribution in [2.24, 2.45) is 0 Å². The van der Waals surface area contributed by atoms with Crippen LogP contribution in [0.2, 0.25) is 0 Å². The molecule has 3 nitrogen and oxygen atoms in total. The molecule has 74 valence electrons. The molecule has 0 heterocycles. The van der Waals surface area contributed by atoms with E-state index in [-0.39, 0.29) is 0 Å². The highest BCUT2D eigenvalue weighted by atomic mass is 32.2. The van der Waals surface area contributed by atoms with Gasteiger partial charge in [-0.05, 0) is 20.3 Å². The molecule has 0 saturated heterocycles. The molecular weight excluding hydrogens is 176 g/mol. The smallest absolute Gasteiger partial charge is 0.269 e. The first-order chi connectivity index (χ1) is 5.50. The van der Waals surface area contributed by atoms with Crippen LogP contribution in [0.4, 0.5) is 0 Å². The number of hydrogen-bond acceptors (Lipinski definition) is 3. The molecule has 0 aliphatic carbocycles. The predicted molar refractivity (Wildman–Crippen MR) is 49.5 cm³/mol. The molecule has 0 N–H and O–H groups in total. The first-order valence-corrected chi connectivity index (χ1v) is 5.86. The van der Waals surface area contributed by atoms with E-state index in [4.69, 9.17) is 4.18 Å². The van der Waals surface area contributed by atoms with E-state index in [2.05, 4.69) is 6.92 Å². The average molecular weight is 194 g/mol. The van der Waals surface area contributed by atoms with Crippen LogP contribution in [0.5, 0.6) is 0 Å². The molecule has 0 aromatic carbocycles. The van der Waals surface area contributed by atoms with Gasteiger partial charge in [-0.1, -0.05) is 19.8 Å². The first-order valence-electron chi connectivity index (χ1n) is 4.39. The highest BCUT2D eigenvalue weighted by Crippen LogP contribution is 2.04. The minimum atomic E-state index is -3.28. The molecule has 0 fully saturated rings. The zero-order valence-electron chi connectivity index (χ0n) is 8.04. The summed E-state index contributed by atoms with van der Waals surface area (Å²) in [5.41, 5.74) is 0. The zero-order valence-corrected chi connectivity index (χ0v) is 8.86. The average Bonchev–Trinajstić information content (AvgIpc) is 1.98. The lowest BCUT2D eigenvalue weighted by Gasteiger charge is -2.07. The minimum Gasteiger partial charge on any atom is -0.270 e. The third-order valence-corrected chi connectivity index (χ3v) is 3.22. The standard InChI is InChI=1S/C8H18O3S/c1-4-5-6-7-11-12(9,10)8(2)3/h8H,4-7H2,1-3H3. The molecule has 0 aromatic heterocycles. The molecule has 0 amide bonds. The fraction of sp³-hybridized carbons (Fsp3) is 1.00. The van der Waals surface area contributed by atoms with Crippen molar-refractivity contribution < 1.29 is 12.6 Å². The topological polar surface area (TPSA) is 43.4 Å². The molecule has 0 aromatic rings. The minimum absolute atomic E-state index is 0.328. The summed E-state index contributed by atoms with van der Waals surface area (Å²) in [6, 6.07) is 0. The Hall–Kier alpha value is -0.0900. The summed E-state index contributed by atoms with van der Waals surface area (Å²) in [7, 11) is -3.28. The Labute approximate surface area is 75.2 Å². The second kappa shape index (κ2) is 5.54. The SMILES string of the molecule is CCCCCOS(=O)(=O)C(C)C. The summed E-state index contributed by atoms with van der Waals surface area (Å²) < 4.78 is 26.9. The van der Waals surface area contributed by atoms with Crippen LogP contribution in [-0.2, 0) is 14.3 Å². The lowest BCUT2D eigenvalue weighted by atomic mass is 10.3. The van der Waals surface area contributed by atoms with Crippen LogP contribution in [0.3, 0.4) is 0 Å². The van der Waals surface area contributed by atoms with Crippen molar-refractivity contribution in [2.75, 3.05) is 6.61 Å². The van der Waals surface area contributed by atoms with E-state index in [1.807, 2.05) is 0 Å². The van der Waals surface area contributed by atoms with E-state index in [1.165, 1.54) is 0 Å². The van der Waals surface area contributed by atoms with Gasteiger partial charge in [-0.3, -0.25) is 4.18 Å². The summed E-state index contributed by atoms with van der Waals surface area (Å²) in [4.78, 5) is 0. The van der Waals surface area contributed by atoms with Gasteiger partial charge in [0.15, 0.2) is 0 Å². The van der Waals surface area contributed by atoms with Crippen LogP contribution in [0, 0.1) is 0 Å². The summed E-state index contributed by atoms with van der Waals surface area (Å²) in [5, 5.41) is -0.431. The number of rotatable bonds is 6. The fourth-order valence-electron chi connectivity index (χ4n) is 0.663. The largest absolute Gasteiger partial charge is 0.270 e. The second-order valence-corrected chi connectivity index (χ2v) is 5.23. The van der Waals surface area contributed by atoms with Crippen molar-refractivity contribution in [1.82, 2.24) is 0 Å². The van der Waals surface area contributed by atoms with Crippen LogP contribution in [0.1, 0.15) is 40.0 Å². The van der Waals surface area contributed by atoms with E-state index in [0.29, 0.717) is 6.61 Å². The quantitative estimate of drug-likeness (QED) is 0.479. The molecule has 0 radical (unpaired) electrons. The molecule has 0 bridgehead atoms. The van der Waals surface area contributed by atoms with Crippen molar-refractivity contribution in [2.45, 2.75) is 45.3 Å². The lowest BCUT2D eigenvalue weighted by Crippen LogP contribution is -2.17. The Bertz CT molecular complexity index is 194. The van der Waals surface area contributed by atoms with Gasteiger partial charge in [0, 0.05) is 0 Å². The molecule has 0 aliphatic rings. The van der Waals surface area contributed by atoms with Gasteiger partial charge in [-0.15, -0.1) is 0 Å². The van der Waals surface area contributed by atoms with Gasteiger partial charge in [0.2, 0.25) is 0 Å². The summed E-state index contributed by atoms with van der Waals surface area (Å²) >= 11 is 0. The summed E-state index contributed by atoms with van der Waals surface area (Å²) in [6.45, 7) is 5.63. The monoisotopic (exact) mass is 194 g/mol. The van der Waals surface area contributed by atoms with Crippen molar-refractivity contribution in [3.05, 3.63) is 0 Å². The van der Waals surface area contributed by atoms with Crippen molar-refractivity contribution in [3.8, 4) is 0 Å². The van der Waals surface area contributed by atoms with E-state index in [1.54, 1.807) is 13.8 Å². The molecule has 0 spiro atoms. The highest BCUT2D eigenvalue weighted by molar-refractivity contribution is 7.87. The lowest BCUT2D eigenvalue weighted by molar-refractivity contribution is 0.304. The van der Waals surface area contributed by atoms with Crippen LogP contribution in [0.15, 0.2) is 0 Å². The molecule has 4 heteroatoms. The van der Waals surface area contributed by atoms with Gasteiger partial charge in [0.25, 0.3) is 10.1 Å². The van der Waals surface area contributed by atoms with Gasteiger partial charge in [-0.2, -0.15) is 8.42 Å². The maximum absolute atomic E-state index is 11.1. The fourth-order valence-corrected chi connectivity index (χ4v) is 1.29. The molecule has 0 rings (SSSR count). The summed E-state index contributed by atoms with van der Waals surface area (Å²) in [5.74, 6) is 0. The molecule has 0 unspecified atom stereocenters. The molecule has 0 atom stereocenters. The van der Waals surface area contributed by atoms with E-state index in [9.17, 15) is 8.42 Å². The van der Waals surface area contributed by atoms with Crippen molar-refractivity contribution in [3.63, 3.8) is 0 Å². The van der Waals surface area contributed by atoms with Crippen molar-refractivity contribution >= 4 is 10.1 Å². The number of unbranched alkanes of at least 4 members (excludes halogenated alkanes) is 2. The van der Waals surface area contributed by atoms with E-state index < -0.39 is 15.4 Å². The third kappa shape index (κ3) is 4.72. The summed E-state index contributed by atoms with van der Waals surface area (Å²) in [6.07, 6.45) is 2.92. The maximum atomic E-state index is 11.1. The Morgan fingerprint density at radius 2 is 1.83 bits per heavy atom. The predicted octanol–water partition coefficient (Wildman–Crippen LogP) is 1.93. The molecule has 0 saturated carbocycles. The van der Waals surface area contributed by atoms with Crippen LogP contribution in [0.25, 0.3) is 0 Å². The highest BCUT2D eigenvalue weighted by Gasteiger charge is 2.15. The van der Waals surface area contributed by atoms with Gasteiger partial charge < -0.3 is 0 Å². The normalized spacial score (nSPS) is 12.3. The zero-order chi connectivity index (χ0) is 9.61.